The van der Waals surface area contributed by atoms with Crippen LogP contribution in [-0.2, 0) is 24.5 Å². The van der Waals surface area contributed by atoms with E-state index >= 15 is 0 Å². The molecular weight excluding hydrogens is 416 g/mol. The van der Waals surface area contributed by atoms with Gasteiger partial charge in [-0.05, 0) is 43.2 Å². The van der Waals surface area contributed by atoms with E-state index in [-0.39, 0.29) is 29.8 Å². The summed E-state index contributed by atoms with van der Waals surface area (Å²) in [5, 5.41) is 3.03. The van der Waals surface area contributed by atoms with Crippen LogP contribution in [0.25, 0.3) is 0 Å². The van der Waals surface area contributed by atoms with Gasteiger partial charge >= 0.3 is 5.97 Å². The van der Waals surface area contributed by atoms with Crippen LogP contribution < -0.4 is 5.32 Å². The fourth-order valence-electron chi connectivity index (χ4n) is 5.47. The van der Waals surface area contributed by atoms with Crippen molar-refractivity contribution in [1.82, 2.24) is 10.2 Å². The second kappa shape index (κ2) is 9.38. The lowest BCUT2D eigenvalue weighted by Gasteiger charge is -2.49. The van der Waals surface area contributed by atoms with Crippen molar-refractivity contribution in [2.24, 2.45) is 5.41 Å². The topological polar surface area (TPSA) is 75.7 Å². The smallest absolute Gasteiger partial charge is 0.325 e. The molecule has 0 unspecified atom stereocenters. The third kappa shape index (κ3) is 4.26. The number of carbonyl (C=O) groups excluding carboxylic acids is 3. The molecule has 2 atom stereocenters. The first-order valence-electron chi connectivity index (χ1n) is 11.7. The van der Waals surface area contributed by atoms with E-state index in [0.29, 0.717) is 31.6 Å². The molecule has 174 valence electrons. The number of ether oxygens (including phenoxy) is 1. The molecule has 0 radical (unpaired) electrons. The number of rotatable bonds is 5. The number of nitrogens with zero attached hydrogens (tertiary/aromatic N) is 1. The second-order valence-electron chi connectivity index (χ2n) is 9.31. The molecular formula is C27H32N2O4. The van der Waals surface area contributed by atoms with E-state index < -0.39 is 11.4 Å². The molecule has 0 aromatic heterocycles. The van der Waals surface area contributed by atoms with Crippen LogP contribution in [0.2, 0.25) is 0 Å². The summed E-state index contributed by atoms with van der Waals surface area (Å²) < 4.78 is 5.33. The summed E-state index contributed by atoms with van der Waals surface area (Å²) >= 11 is 0. The second-order valence-corrected chi connectivity index (χ2v) is 9.31. The maximum atomic E-state index is 13.8. The van der Waals surface area contributed by atoms with Gasteiger partial charge in [-0.25, -0.2) is 0 Å². The van der Waals surface area contributed by atoms with Gasteiger partial charge in [0.15, 0.2) is 5.41 Å². The Balaban J connectivity index is 1.58. The average molecular weight is 449 g/mol. The number of hydrogen-bond acceptors (Lipinski definition) is 4. The summed E-state index contributed by atoms with van der Waals surface area (Å²) in [6.07, 6.45) is 1.90. The molecule has 2 heterocycles. The maximum absolute atomic E-state index is 13.8. The summed E-state index contributed by atoms with van der Waals surface area (Å²) in [5.41, 5.74) is 0.267. The molecule has 2 saturated heterocycles. The van der Waals surface area contributed by atoms with Crippen molar-refractivity contribution in [2.45, 2.75) is 44.4 Å². The van der Waals surface area contributed by atoms with Crippen molar-refractivity contribution in [1.29, 1.82) is 0 Å². The Morgan fingerprint density at radius 2 is 1.67 bits per heavy atom. The minimum Gasteiger partial charge on any atom is -0.465 e. The number of carbonyl (C=O) groups is 3. The average Bonchev–Trinajstić information content (AvgIpc) is 2.85. The van der Waals surface area contributed by atoms with Gasteiger partial charge in [0.1, 0.15) is 0 Å². The first-order chi connectivity index (χ1) is 15.9. The molecule has 2 aliphatic rings. The van der Waals surface area contributed by atoms with Crippen LogP contribution in [-0.4, -0.2) is 48.9 Å². The Bertz CT molecular complexity index is 999. The Labute approximate surface area is 195 Å². The predicted octanol–water partition coefficient (Wildman–Crippen LogP) is 3.42. The normalized spacial score (nSPS) is 21.7. The SMILES string of the molecule is CCOC(=O)[C@@](C)(C(=O)N1CCC2(CC1)CC(=O)NC[C@H]2c1ccccc1)c1ccccc1. The summed E-state index contributed by atoms with van der Waals surface area (Å²) in [7, 11) is 0. The number of piperidine rings is 2. The molecule has 2 fully saturated rings. The molecule has 0 saturated carbocycles. The molecule has 2 amide bonds. The van der Waals surface area contributed by atoms with E-state index in [2.05, 4.69) is 17.4 Å². The molecule has 6 nitrogen and oxygen atoms in total. The van der Waals surface area contributed by atoms with Crippen LogP contribution >= 0.6 is 0 Å². The van der Waals surface area contributed by atoms with Crippen molar-refractivity contribution in [2.75, 3.05) is 26.2 Å². The standard InChI is InChI=1S/C27H32N2O4/c1-3-33-25(32)26(2,21-12-8-5-9-13-21)24(31)29-16-14-27(15-17-29)18-23(30)28-19-22(27)20-10-6-4-7-11-20/h4-13,22H,3,14-19H2,1-2H3,(H,28,30)/t22-,26+/m0/s1. The van der Waals surface area contributed by atoms with Crippen LogP contribution in [0.3, 0.4) is 0 Å². The molecule has 33 heavy (non-hydrogen) atoms. The number of benzene rings is 2. The molecule has 0 aliphatic carbocycles. The van der Waals surface area contributed by atoms with Crippen LogP contribution in [0.4, 0.5) is 0 Å². The van der Waals surface area contributed by atoms with Crippen molar-refractivity contribution in [3.05, 3.63) is 71.8 Å². The summed E-state index contributed by atoms with van der Waals surface area (Å²) in [4.78, 5) is 40.9. The fraction of sp³-hybridized carbons (Fsp3) is 0.444. The molecule has 1 N–H and O–H groups in total. The highest BCUT2D eigenvalue weighted by Gasteiger charge is 2.51. The highest BCUT2D eigenvalue weighted by Crippen LogP contribution is 2.49. The van der Waals surface area contributed by atoms with Crippen molar-refractivity contribution in [3.8, 4) is 0 Å². The number of amides is 2. The van der Waals surface area contributed by atoms with Crippen molar-refractivity contribution < 1.29 is 19.1 Å². The van der Waals surface area contributed by atoms with Crippen LogP contribution in [0.5, 0.6) is 0 Å². The minimum absolute atomic E-state index is 0.0719. The van der Waals surface area contributed by atoms with Crippen molar-refractivity contribution in [3.63, 3.8) is 0 Å². The summed E-state index contributed by atoms with van der Waals surface area (Å²) in [5.74, 6) is -0.485. The first-order valence-corrected chi connectivity index (χ1v) is 11.7. The largest absolute Gasteiger partial charge is 0.465 e. The van der Waals surface area contributed by atoms with E-state index in [1.54, 1.807) is 30.9 Å². The number of hydrogen-bond donors (Lipinski definition) is 1. The lowest BCUT2D eigenvalue weighted by molar-refractivity contribution is -0.158. The van der Waals surface area contributed by atoms with Gasteiger partial charge in [-0.1, -0.05) is 60.7 Å². The summed E-state index contributed by atoms with van der Waals surface area (Å²) in [6.45, 7) is 5.26. The highest BCUT2D eigenvalue weighted by molar-refractivity contribution is 6.08. The Morgan fingerprint density at radius 1 is 1.06 bits per heavy atom. The quantitative estimate of drug-likeness (QED) is 0.562. The van der Waals surface area contributed by atoms with Crippen LogP contribution in [0.1, 0.15) is 50.2 Å². The molecule has 4 rings (SSSR count). The van der Waals surface area contributed by atoms with E-state index in [1.165, 1.54) is 5.56 Å². The zero-order valence-corrected chi connectivity index (χ0v) is 19.4. The number of esters is 1. The first kappa shape index (κ1) is 23.0. The van der Waals surface area contributed by atoms with E-state index in [0.717, 1.165) is 12.8 Å². The monoisotopic (exact) mass is 448 g/mol. The molecule has 6 heteroatoms. The van der Waals surface area contributed by atoms with Gasteiger partial charge in [0, 0.05) is 32.0 Å². The van der Waals surface area contributed by atoms with E-state index in [9.17, 15) is 14.4 Å². The van der Waals surface area contributed by atoms with Gasteiger partial charge in [-0.2, -0.15) is 0 Å². The highest BCUT2D eigenvalue weighted by atomic mass is 16.5. The summed E-state index contributed by atoms with van der Waals surface area (Å²) in [6, 6.07) is 19.4. The molecule has 1 spiro atoms. The lowest BCUT2D eigenvalue weighted by Crippen LogP contribution is -2.57. The van der Waals surface area contributed by atoms with E-state index in [1.807, 2.05) is 36.4 Å². The van der Waals surface area contributed by atoms with Crippen LogP contribution in [0, 0.1) is 5.41 Å². The third-order valence-electron chi connectivity index (χ3n) is 7.47. The van der Waals surface area contributed by atoms with Gasteiger partial charge in [0.25, 0.3) is 0 Å². The number of nitrogens with one attached hydrogen (secondary N) is 1. The van der Waals surface area contributed by atoms with Gasteiger partial charge in [-0.15, -0.1) is 0 Å². The lowest BCUT2D eigenvalue weighted by atomic mass is 9.62. The van der Waals surface area contributed by atoms with Gasteiger partial charge < -0.3 is 15.0 Å². The molecule has 2 aromatic carbocycles. The van der Waals surface area contributed by atoms with Gasteiger partial charge in [-0.3, -0.25) is 14.4 Å². The zero-order chi connectivity index (χ0) is 23.5. The van der Waals surface area contributed by atoms with Gasteiger partial charge in [0.05, 0.1) is 6.61 Å². The minimum atomic E-state index is -1.40. The van der Waals surface area contributed by atoms with Gasteiger partial charge in [0.2, 0.25) is 11.8 Å². The Kier molecular flexibility index (Phi) is 6.54. The van der Waals surface area contributed by atoms with Crippen molar-refractivity contribution >= 4 is 17.8 Å². The van der Waals surface area contributed by atoms with E-state index in [4.69, 9.17) is 4.74 Å². The Hall–Kier alpha value is -3.15. The number of likely N-dealkylation sites (tertiary alicyclic amines) is 1. The maximum Gasteiger partial charge on any atom is 0.325 e. The third-order valence-corrected chi connectivity index (χ3v) is 7.47. The Morgan fingerprint density at radius 3 is 2.27 bits per heavy atom. The molecule has 2 aliphatic heterocycles. The zero-order valence-electron chi connectivity index (χ0n) is 19.4. The predicted molar refractivity (Wildman–Crippen MR) is 125 cm³/mol. The fourth-order valence-corrected chi connectivity index (χ4v) is 5.47. The van der Waals surface area contributed by atoms with Crippen LogP contribution in [0.15, 0.2) is 60.7 Å². The molecule has 2 aromatic rings. The molecule has 0 bridgehead atoms.